The summed E-state index contributed by atoms with van der Waals surface area (Å²) in [5, 5.41) is 0. The average Bonchev–Trinajstić information content (AvgIpc) is 3.14. The van der Waals surface area contributed by atoms with Crippen molar-refractivity contribution >= 4 is 8.07 Å². The Morgan fingerprint density at radius 1 is 0.542 bits per heavy atom. The molecule has 0 saturated carbocycles. The minimum atomic E-state index is -1.19. The molecule has 24 heavy (non-hydrogen) atoms. The van der Waals surface area contributed by atoms with E-state index in [2.05, 4.69) is 45.1 Å². The van der Waals surface area contributed by atoms with E-state index in [0.29, 0.717) is 0 Å². The van der Waals surface area contributed by atoms with Gasteiger partial charge in [0.2, 0.25) is 0 Å². The van der Waals surface area contributed by atoms with Crippen molar-refractivity contribution in [1.82, 2.24) is 0 Å². The monoisotopic (exact) mass is 348 g/mol. The molecule has 0 aromatic heterocycles. The van der Waals surface area contributed by atoms with Crippen LogP contribution in [-0.4, -0.2) is 8.07 Å². The van der Waals surface area contributed by atoms with Crippen LogP contribution in [-0.2, 0) is 0 Å². The van der Waals surface area contributed by atoms with Crippen LogP contribution in [0.2, 0.25) is 23.7 Å². The molecule has 0 amide bonds. The highest BCUT2D eigenvalue weighted by atomic mass is 28.3. The van der Waals surface area contributed by atoms with Gasteiger partial charge in [-0.3, -0.25) is 0 Å². The second-order valence-electron chi connectivity index (χ2n) is 8.09. The molecule has 1 heteroatoms. The van der Waals surface area contributed by atoms with E-state index in [4.69, 9.17) is 0 Å². The zero-order valence-electron chi connectivity index (χ0n) is 17.0. The summed E-state index contributed by atoms with van der Waals surface area (Å²) < 4.78 is 0. The Balaban J connectivity index is 2.67. The molecule has 0 atom stereocenters. The van der Waals surface area contributed by atoms with Gasteiger partial charge in [0.05, 0.1) is 8.07 Å². The molecule has 0 aliphatic heterocycles. The van der Waals surface area contributed by atoms with E-state index in [-0.39, 0.29) is 0 Å². The molecule has 0 fully saturated rings. The van der Waals surface area contributed by atoms with Crippen molar-refractivity contribution < 1.29 is 0 Å². The molecule has 1 rings (SSSR count). The van der Waals surface area contributed by atoms with E-state index in [1.807, 2.05) is 0 Å². The average molecular weight is 349 g/mol. The van der Waals surface area contributed by atoms with E-state index < -0.39 is 8.07 Å². The van der Waals surface area contributed by atoms with Crippen LogP contribution in [0.25, 0.3) is 0 Å². The van der Waals surface area contributed by atoms with Crippen LogP contribution in [0, 0.1) is 0 Å². The van der Waals surface area contributed by atoms with E-state index in [1.165, 1.54) is 77.0 Å². The molecule has 0 bridgehead atoms. The fourth-order valence-electron chi connectivity index (χ4n) is 4.43. The molecule has 1 aliphatic carbocycles. The Hall–Kier alpha value is -0.303. The number of rotatable bonds is 16. The summed E-state index contributed by atoms with van der Waals surface area (Å²) in [6.07, 6.45) is 27.1. The fraction of sp³-hybridized carbons (Fsp3) is 0.826. The summed E-state index contributed by atoms with van der Waals surface area (Å²) in [7, 11) is -1.19. The van der Waals surface area contributed by atoms with Gasteiger partial charge >= 0.3 is 0 Å². The molecule has 0 heterocycles. The maximum Gasteiger partial charge on any atom is 0.0649 e. The summed E-state index contributed by atoms with van der Waals surface area (Å²) in [4.78, 5) is 0. The first-order chi connectivity index (χ1) is 11.8. The van der Waals surface area contributed by atoms with Crippen molar-refractivity contribution in [2.75, 3.05) is 0 Å². The SMILES string of the molecule is CCCCCC[Si](CCCCCC)(CCCCCC)C1C=CC=C1. The van der Waals surface area contributed by atoms with Crippen LogP contribution in [0.4, 0.5) is 0 Å². The first-order valence-corrected chi connectivity index (χ1v) is 13.8. The molecule has 0 nitrogen and oxygen atoms in total. The smallest absolute Gasteiger partial charge is 0.0649 e. The predicted octanol–water partition coefficient (Wildman–Crippen LogP) is 8.67. The third-order valence-corrected chi connectivity index (χ3v) is 11.9. The maximum absolute atomic E-state index is 2.56. The third-order valence-electron chi connectivity index (χ3n) is 6.04. The molecule has 1 aliphatic rings. The number of hydrogen-bond donors (Lipinski definition) is 0. The molecule has 0 radical (unpaired) electrons. The summed E-state index contributed by atoms with van der Waals surface area (Å²) in [6, 6.07) is 4.76. The zero-order chi connectivity index (χ0) is 17.5. The molecule has 0 unspecified atom stereocenters. The minimum absolute atomic E-state index is 0.849. The largest absolute Gasteiger partial charge is 0.0803 e. The minimum Gasteiger partial charge on any atom is -0.0803 e. The molecule has 0 aromatic rings. The van der Waals surface area contributed by atoms with Gasteiger partial charge in [0.15, 0.2) is 0 Å². The topological polar surface area (TPSA) is 0 Å². The maximum atomic E-state index is 2.56. The standard InChI is InChI=1S/C23H44Si/c1-4-7-10-15-20-24(21-16-11-8-5-2,22-17-12-9-6-3)23-18-13-14-19-23/h13-14,18-19,23H,4-12,15-17,20-22H2,1-3H3. The van der Waals surface area contributed by atoms with Gasteiger partial charge in [0.25, 0.3) is 0 Å². The molecule has 0 N–H and O–H groups in total. The van der Waals surface area contributed by atoms with Crippen LogP contribution in [0.15, 0.2) is 24.3 Å². The van der Waals surface area contributed by atoms with E-state index in [1.54, 1.807) is 18.1 Å². The first-order valence-electron chi connectivity index (χ1n) is 11.1. The molecular weight excluding hydrogens is 304 g/mol. The van der Waals surface area contributed by atoms with Gasteiger partial charge in [0, 0.05) is 0 Å². The quantitative estimate of drug-likeness (QED) is 0.193. The summed E-state index contributed by atoms with van der Waals surface area (Å²) in [5.41, 5.74) is 0.849. The van der Waals surface area contributed by atoms with Crippen molar-refractivity contribution in [2.24, 2.45) is 0 Å². The van der Waals surface area contributed by atoms with Crippen molar-refractivity contribution in [1.29, 1.82) is 0 Å². The van der Waals surface area contributed by atoms with E-state index in [0.717, 1.165) is 5.54 Å². The lowest BCUT2D eigenvalue weighted by atomic mass is 10.2. The third kappa shape index (κ3) is 8.19. The number of unbranched alkanes of at least 4 members (excludes halogenated alkanes) is 9. The van der Waals surface area contributed by atoms with Gasteiger partial charge < -0.3 is 0 Å². The Morgan fingerprint density at radius 3 is 1.25 bits per heavy atom. The van der Waals surface area contributed by atoms with Gasteiger partial charge in [0.1, 0.15) is 0 Å². The van der Waals surface area contributed by atoms with Gasteiger partial charge in [-0.15, -0.1) is 0 Å². The Morgan fingerprint density at radius 2 is 0.917 bits per heavy atom. The molecular formula is C23H44Si. The highest BCUT2D eigenvalue weighted by Crippen LogP contribution is 2.42. The molecule has 140 valence electrons. The fourth-order valence-corrected chi connectivity index (χ4v) is 10.1. The Kier molecular flexibility index (Phi) is 12.6. The second-order valence-corrected chi connectivity index (χ2v) is 13.0. The van der Waals surface area contributed by atoms with Crippen molar-refractivity contribution in [3.8, 4) is 0 Å². The van der Waals surface area contributed by atoms with Crippen LogP contribution >= 0.6 is 0 Å². The normalized spacial score (nSPS) is 14.8. The van der Waals surface area contributed by atoms with Gasteiger partial charge in [-0.1, -0.05) is 140 Å². The number of allylic oxidation sites excluding steroid dienone is 4. The van der Waals surface area contributed by atoms with Crippen molar-refractivity contribution in [3.05, 3.63) is 24.3 Å². The van der Waals surface area contributed by atoms with E-state index in [9.17, 15) is 0 Å². The lowest BCUT2D eigenvalue weighted by Gasteiger charge is -2.37. The van der Waals surface area contributed by atoms with Crippen molar-refractivity contribution in [3.63, 3.8) is 0 Å². The van der Waals surface area contributed by atoms with Gasteiger partial charge in [-0.05, 0) is 5.54 Å². The van der Waals surface area contributed by atoms with Gasteiger partial charge in [-0.25, -0.2) is 0 Å². The van der Waals surface area contributed by atoms with E-state index >= 15 is 0 Å². The van der Waals surface area contributed by atoms with Crippen LogP contribution < -0.4 is 0 Å². The Labute approximate surface area is 154 Å². The van der Waals surface area contributed by atoms with Crippen LogP contribution in [0.5, 0.6) is 0 Å². The molecule has 0 spiro atoms. The lowest BCUT2D eigenvalue weighted by Crippen LogP contribution is -2.38. The Bertz CT molecular complexity index is 299. The van der Waals surface area contributed by atoms with Gasteiger partial charge in [-0.2, -0.15) is 0 Å². The predicted molar refractivity (Wildman–Crippen MR) is 115 cm³/mol. The summed E-state index contributed by atoms with van der Waals surface area (Å²) in [6.45, 7) is 7.01. The van der Waals surface area contributed by atoms with Crippen molar-refractivity contribution in [2.45, 2.75) is 121 Å². The molecule has 0 saturated heterocycles. The summed E-state index contributed by atoms with van der Waals surface area (Å²) in [5.74, 6) is 0. The highest BCUT2D eigenvalue weighted by molar-refractivity contribution is 6.82. The summed E-state index contributed by atoms with van der Waals surface area (Å²) >= 11 is 0. The van der Waals surface area contributed by atoms with Crippen LogP contribution in [0.3, 0.4) is 0 Å². The second kappa shape index (κ2) is 13.9. The lowest BCUT2D eigenvalue weighted by molar-refractivity contribution is 0.661. The number of hydrogen-bond acceptors (Lipinski definition) is 0. The highest BCUT2D eigenvalue weighted by Gasteiger charge is 2.37. The zero-order valence-corrected chi connectivity index (χ0v) is 18.0. The molecule has 0 aromatic carbocycles. The van der Waals surface area contributed by atoms with Crippen LogP contribution in [0.1, 0.15) is 97.8 Å². The first kappa shape index (κ1) is 21.7.